The molecular weight excluding hydrogens is 364 g/mol. The molecule has 30 heavy (non-hydrogen) atoms. The van der Waals surface area contributed by atoms with Gasteiger partial charge in [0.05, 0.1) is 5.60 Å². The van der Waals surface area contributed by atoms with Crippen LogP contribution in [-0.2, 0) is 0 Å². The minimum atomic E-state index is -0.402. The molecule has 174 valence electrons. The Morgan fingerprint density at radius 3 is 2.17 bits per heavy atom. The molecule has 0 spiro atoms. The summed E-state index contributed by atoms with van der Waals surface area (Å²) in [5.41, 5.74) is 0.703. The summed E-state index contributed by atoms with van der Waals surface area (Å²) < 4.78 is 0. The molecule has 0 aromatic heterocycles. The SMILES string of the molecule is CC(C)[C@H](C)CC[C@@H](C)[C@H]1CC[C@H]2[C@@H]3CC[C@H]4C[C@@](C)(O)CC[C@]4(C)[C@H]3CC[C@]12C. The molecule has 0 saturated heterocycles. The summed E-state index contributed by atoms with van der Waals surface area (Å²) in [4.78, 5) is 0. The third kappa shape index (κ3) is 3.82. The fraction of sp³-hybridized carbons (Fsp3) is 1.00. The Morgan fingerprint density at radius 1 is 0.767 bits per heavy atom. The highest BCUT2D eigenvalue weighted by atomic mass is 16.3. The normalized spacial score (nSPS) is 50.5. The van der Waals surface area contributed by atoms with Crippen LogP contribution in [0.25, 0.3) is 0 Å². The zero-order chi connectivity index (χ0) is 21.9. The predicted molar refractivity (Wildman–Crippen MR) is 128 cm³/mol. The second-order valence-corrected chi connectivity index (χ2v) is 13.9. The van der Waals surface area contributed by atoms with Crippen molar-refractivity contribution in [3.8, 4) is 0 Å². The first-order valence-electron chi connectivity index (χ1n) is 13.7. The lowest BCUT2D eigenvalue weighted by Gasteiger charge is -2.62. The van der Waals surface area contributed by atoms with E-state index in [0.717, 1.165) is 60.2 Å². The number of fused-ring (bicyclic) bond motifs is 5. The maximum atomic E-state index is 10.7. The van der Waals surface area contributed by atoms with Gasteiger partial charge in [-0.3, -0.25) is 0 Å². The number of aliphatic hydroxyl groups is 1. The Labute approximate surface area is 188 Å². The van der Waals surface area contributed by atoms with Crippen LogP contribution < -0.4 is 0 Å². The van der Waals surface area contributed by atoms with Gasteiger partial charge >= 0.3 is 0 Å². The smallest absolute Gasteiger partial charge is 0.0622 e. The van der Waals surface area contributed by atoms with Crippen LogP contribution in [0.15, 0.2) is 0 Å². The maximum absolute atomic E-state index is 10.7. The molecule has 0 aromatic rings. The van der Waals surface area contributed by atoms with E-state index in [0.29, 0.717) is 10.8 Å². The molecule has 1 N–H and O–H groups in total. The van der Waals surface area contributed by atoms with Crippen molar-refractivity contribution in [1.29, 1.82) is 0 Å². The molecule has 4 saturated carbocycles. The molecule has 0 bridgehead atoms. The van der Waals surface area contributed by atoms with E-state index in [1.54, 1.807) is 0 Å². The third-order valence-electron chi connectivity index (χ3n) is 11.9. The van der Waals surface area contributed by atoms with Gasteiger partial charge in [-0.1, -0.05) is 54.4 Å². The van der Waals surface area contributed by atoms with Crippen molar-refractivity contribution in [3.63, 3.8) is 0 Å². The first-order chi connectivity index (χ1) is 14.0. The van der Waals surface area contributed by atoms with Crippen molar-refractivity contribution in [3.05, 3.63) is 0 Å². The van der Waals surface area contributed by atoms with Crippen molar-refractivity contribution >= 4 is 0 Å². The van der Waals surface area contributed by atoms with E-state index in [4.69, 9.17) is 0 Å². The van der Waals surface area contributed by atoms with Gasteiger partial charge in [-0.2, -0.15) is 0 Å². The Bertz CT molecular complexity index is 607. The van der Waals surface area contributed by atoms with Crippen LogP contribution in [0.5, 0.6) is 0 Å². The average molecular weight is 417 g/mol. The fourth-order valence-corrected chi connectivity index (χ4v) is 9.47. The second kappa shape index (κ2) is 8.07. The van der Waals surface area contributed by atoms with Crippen LogP contribution in [0.4, 0.5) is 0 Å². The highest BCUT2D eigenvalue weighted by Crippen LogP contribution is 2.68. The number of rotatable bonds is 5. The quantitative estimate of drug-likeness (QED) is 0.480. The molecule has 0 aliphatic heterocycles. The molecule has 0 unspecified atom stereocenters. The predicted octanol–water partition coefficient (Wildman–Crippen LogP) is 8.10. The van der Waals surface area contributed by atoms with E-state index in [9.17, 15) is 5.11 Å². The van der Waals surface area contributed by atoms with Crippen LogP contribution in [0, 0.1) is 58.2 Å². The topological polar surface area (TPSA) is 20.2 Å². The Balaban J connectivity index is 1.46. The van der Waals surface area contributed by atoms with E-state index in [1.165, 1.54) is 57.8 Å². The highest BCUT2D eigenvalue weighted by Gasteiger charge is 2.61. The molecule has 4 rings (SSSR count). The molecule has 1 heteroatoms. The van der Waals surface area contributed by atoms with E-state index < -0.39 is 5.60 Å². The Morgan fingerprint density at radius 2 is 1.47 bits per heavy atom. The molecule has 4 aliphatic carbocycles. The minimum absolute atomic E-state index is 0.402. The molecule has 10 atom stereocenters. The zero-order valence-corrected chi connectivity index (χ0v) is 21.3. The Hall–Kier alpha value is -0.0400. The summed E-state index contributed by atoms with van der Waals surface area (Å²) in [5, 5.41) is 10.7. The van der Waals surface area contributed by atoms with Crippen LogP contribution in [0.3, 0.4) is 0 Å². The summed E-state index contributed by atoms with van der Waals surface area (Å²) in [7, 11) is 0. The van der Waals surface area contributed by atoms with Crippen LogP contribution >= 0.6 is 0 Å². The van der Waals surface area contributed by atoms with Gasteiger partial charge in [0.1, 0.15) is 0 Å². The fourth-order valence-electron chi connectivity index (χ4n) is 9.47. The lowest BCUT2D eigenvalue weighted by molar-refractivity contribution is -0.148. The van der Waals surface area contributed by atoms with Gasteiger partial charge in [-0.15, -0.1) is 0 Å². The van der Waals surface area contributed by atoms with Gasteiger partial charge < -0.3 is 5.11 Å². The van der Waals surface area contributed by atoms with Gasteiger partial charge in [0, 0.05) is 0 Å². The molecule has 0 aromatic carbocycles. The van der Waals surface area contributed by atoms with E-state index >= 15 is 0 Å². The lowest BCUT2D eigenvalue weighted by Crippen LogP contribution is -2.55. The lowest BCUT2D eigenvalue weighted by atomic mass is 9.43. The first-order valence-corrected chi connectivity index (χ1v) is 13.7. The number of hydrogen-bond acceptors (Lipinski definition) is 1. The van der Waals surface area contributed by atoms with Crippen molar-refractivity contribution < 1.29 is 5.11 Å². The molecule has 1 nitrogen and oxygen atoms in total. The van der Waals surface area contributed by atoms with Crippen LogP contribution in [0.1, 0.15) is 119 Å². The average Bonchev–Trinajstić information content (AvgIpc) is 3.03. The minimum Gasteiger partial charge on any atom is -0.390 e. The largest absolute Gasteiger partial charge is 0.390 e. The van der Waals surface area contributed by atoms with Crippen molar-refractivity contribution in [1.82, 2.24) is 0 Å². The summed E-state index contributed by atoms with van der Waals surface area (Å²) in [6.07, 6.45) is 15.0. The van der Waals surface area contributed by atoms with Crippen LogP contribution in [-0.4, -0.2) is 10.7 Å². The molecule has 0 amide bonds. The van der Waals surface area contributed by atoms with Gasteiger partial charge in [0.25, 0.3) is 0 Å². The standard InChI is InChI=1S/C29H52O/c1-19(2)20(3)8-9-21(4)24-12-13-25-23-11-10-22-18-27(5,30)16-17-28(22,6)26(23)14-15-29(24,25)7/h19-26,30H,8-18H2,1-7H3/t20-,21-,22+,23+,24-,25+,26+,27+,28+,29-/m1/s1. The summed E-state index contributed by atoms with van der Waals surface area (Å²) in [6.45, 7) is 17.3. The van der Waals surface area contributed by atoms with E-state index in [1.807, 2.05) is 0 Å². The summed E-state index contributed by atoms with van der Waals surface area (Å²) in [6, 6.07) is 0. The Kier molecular flexibility index (Phi) is 6.22. The van der Waals surface area contributed by atoms with Crippen LogP contribution in [0.2, 0.25) is 0 Å². The third-order valence-corrected chi connectivity index (χ3v) is 11.9. The number of hydrogen-bond donors (Lipinski definition) is 1. The summed E-state index contributed by atoms with van der Waals surface area (Å²) in [5.74, 6) is 7.20. The van der Waals surface area contributed by atoms with Crippen molar-refractivity contribution in [2.45, 2.75) is 125 Å². The second-order valence-electron chi connectivity index (χ2n) is 13.9. The van der Waals surface area contributed by atoms with Gasteiger partial charge in [-0.05, 0) is 123 Å². The molecule has 4 aliphatic rings. The zero-order valence-electron chi connectivity index (χ0n) is 21.3. The van der Waals surface area contributed by atoms with Crippen molar-refractivity contribution in [2.75, 3.05) is 0 Å². The maximum Gasteiger partial charge on any atom is 0.0622 e. The molecule has 4 fully saturated rings. The molecule has 0 radical (unpaired) electrons. The first kappa shape index (κ1) is 23.1. The molecule has 0 heterocycles. The van der Waals surface area contributed by atoms with Gasteiger partial charge in [0.15, 0.2) is 0 Å². The monoisotopic (exact) mass is 416 g/mol. The molecular formula is C29H52O. The van der Waals surface area contributed by atoms with E-state index in [2.05, 4.69) is 48.5 Å². The van der Waals surface area contributed by atoms with Crippen molar-refractivity contribution in [2.24, 2.45) is 58.2 Å². The van der Waals surface area contributed by atoms with Gasteiger partial charge in [-0.25, -0.2) is 0 Å². The highest BCUT2D eigenvalue weighted by molar-refractivity contribution is 5.10. The van der Waals surface area contributed by atoms with Gasteiger partial charge in [0.2, 0.25) is 0 Å². The summed E-state index contributed by atoms with van der Waals surface area (Å²) >= 11 is 0. The van der Waals surface area contributed by atoms with E-state index in [-0.39, 0.29) is 0 Å².